The second-order valence-electron chi connectivity index (χ2n) is 4.55. The number of ether oxygens (including phenoxy) is 1. The fraction of sp³-hybridized carbons (Fsp3) is 0.188. The van der Waals surface area contributed by atoms with Crippen molar-refractivity contribution in [3.05, 3.63) is 69.8 Å². The summed E-state index contributed by atoms with van der Waals surface area (Å²) in [6.07, 6.45) is 0. The Morgan fingerprint density at radius 3 is 2.50 bits per heavy atom. The molecule has 0 aromatic heterocycles. The number of nitro benzene ring substituents is 1. The van der Waals surface area contributed by atoms with Gasteiger partial charge in [0.15, 0.2) is 0 Å². The molecular weight excluding hydrogens is 284 g/mol. The van der Waals surface area contributed by atoms with Crippen molar-refractivity contribution < 1.29 is 14.5 Å². The largest absolute Gasteiger partial charge is 0.377 e. The molecule has 0 spiro atoms. The topological polar surface area (TPSA) is 81.5 Å². The number of benzene rings is 2. The van der Waals surface area contributed by atoms with Crippen LogP contribution in [0.4, 0.5) is 11.4 Å². The van der Waals surface area contributed by atoms with Crippen molar-refractivity contribution in [2.75, 3.05) is 11.9 Å². The Labute approximate surface area is 127 Å². The number of nitrogens with one attached hydrogen (secondary N) is 1. The molecule has 0 heterocycles. The summed E-state index contributed by atoms with van der Waals surface area (Å²) in [7, 11) is 0. The zero-order valence-electron chi connectivity index (χ0n) is 12.1. The summed E-state index contributed by atoms with van der Waals surface area (Å²) in [6.45, 7) is 2.90. The molecule has 0 saturated heterocycles. The average Bonchev–Trinajstić information content (AvgIpc) is 2.54. The maximum absolute atomic E-state index is 12.2. The van der Waals surface area contributed by atoms with E-state index in [4.69, 9.17) is 4.74 Å². The molecule has 0 aliphatic carbocycles. The zero-order chi connectivity index (χ0) is 15.9. The molecule has 1 N–H and O–H groups in total. The lowest BCUT2D eigenvalue weighted by Crippen LogP contribution is -2.13. The third-order valence-electron chi connectivity index (χ3n) is 3.07. The Morgan fingerprint density at radius 1 is 1.18 bits per heavy atom. The predicted molar refractivity (Wildman–Crippen MR) is 82.8 cm³/mol. The number of nitro groups is 1. The van der Waals surface area contributed by atoms with Gasteiger partial charge in [0.2, 0.25) is 0 Å². The van der Waals surface area contributed by atoms with E-state index in [0.717, 1.165) is 5.56 Å². The number of hydrogen-bond donors (Lipinski definition) is 1. The van der Waals surface area contributed by atoms with Gasteiger partial charge in [-0.1, -0.05) is 18.2 Å². The number of hydrogen-bond acceptors (Lipinski definition) is 4. The van der Waals surface area contributed by atoms with E-state index in [1.807, 2.05) is 25.1 Å². The Balaban J connectivity index is 2.13. The molecule has 2 aromatic rings. The van der Waals surface area contributed by atoms with Gasteiger partial charge in [-0.3, -0.25) is 14.9 Å². The molecule has 22 heavy (non-hydrogen) atoms. The van der Waals surface area contributed by atoms with Crippen molar-refractivity contribution in [3.63, 3.8) is 0 Å². The number of para-hydroxylation sites is 1. The third kappa shape index (κ3) is 3.89. The molecule has 0 aliphatic rings. The minimum Gasteiger partial charge on any atom is -0.377 e. The molecule has 0 saturated carbocycles. The molecule has 0 radical (unpaired) electrons. The lowest BCUT2D eigenvalue weighted by atomic mass is 10.1. The van der Waals surface area contributed by atoms with Crippen LogP contribution in [0.15, 0.2) is 48.5 Å². The standard InChI is InChI=1S/C16H16N2O4/c1-2-22-11-13-5-3-4-6-15(13)17-16(19)12-7-9-14(10-8-12)18(20)21/h3-10H,2,11H2,1H3,(H,17,19). The van der Waals surface area contributed by atoms with Gasteiger partial charge in [0.1, 0.15) is 0 Å². The van der Waals surface area contributed by atoms with Crippen LogP contribution in [-0.4, -0.2) is 17.4 Å². The molecule has 2 rings (SSSR count). The zero-order valence-corrected chi connectivity index (χ0v) is 12.1. The first-order chi connectivity index (χ1) is 10.6. The van der Waals surface area contributed by atoms with Gasteiger partial charge < -0.3 is 10.1 Å². The molecular formula is C16H16N2O4. The molecule has 0 fully saturated rings. The summed E-state index contributed by atoms with van der Waals surface area (Å²) in [5.41, 5.74) is 1.85. The number of amides is 1. The van der Waals surface area contributed by atoms with E-state index in [0.29, 0.717) is 24.5 Å². The van der Waals surface area contributed by atoms with Crippen LogP contribution in [0.5, 0.6) is 0 Å². The second kappa shape index (κ2) is 7.33. The highest BCUT2D eigenvalue weighted by molar-refractivity contribution is 6.04. The van der Waals surface area contributed by atoms with Crippen molar-refractivity contribution in [1.29, 1.82) is 0 Å². The minimum absolute atomic E-state index is 0.0479. The first-order valence-electron chi connectivity index (χ1n) is 6.83. The summed E-state index contributed by atoms with van der Waals surface area (Å²) in [5.74, 6) is -0.321. The van der Waals surface area contributed by atoms with Crippen LogP contribution in [0.25, 0.3) is 0 Å². The van der Waals surface area contributed by atoms with Crippen molar-refractivity contribution in [3.8, 4) is 0 Å². The fourth-order valence-corrected chi connectivity index (χ4v) is 1.91. The lowest BCUT2D eigenvalue weighted by Gasteiger charge is -2.11. The molecule has 6 nitrogen and oxygen atoms in total. The molecule has 0 atom stereocenters. The second-order valence-corrected chi connectivity index (χ2v) is 4.55. The lowest BCUT2D eigenvalue weighted by molar-refractivity contribution is -0.384. The van der Waals surface area contributed by atoms with Crippen molar-refractivity contribution in [2.45, 2.75) is 13.5 Å². The monoisotopic (exact) mass is 300 g/mol. The van der Waals surface area contributed by atoms with Crippen LogP contribution < -0.4 is 5.32 Å². The molecule has 114 valence electrons. The Kier molecular flexibility index (Phi) is 5.21. The van der Waals surface area contributed by atoms with Crippen LogP contribution in [0.1, 0.15) is 22.8 Å². The van der Waals surface area contributed by atoms with Gasteiger partial charge in [-0.2, -0.15) is 0 Å². The normalized spacial score (nSPS) is 10.2. The van der Waals surface area contributed by atoms with Crippen molar-refractivity contribution >= 4 is 17.3 Å². The Bertz CT molecular complexity index is 668. The van der Waals surface area contributed by atoms with Crippen molar-refractivity contribution in [1.82, 2.24) is 0 Å². The highest BCUT2D eigenvalue weighted by Gasteiger charge is 2.11. The number of nitrogens with zero attached hydrogens (tertiary/aromatic N) is 1. The molecule has 1 amide bonds. The number of carbonyl (C=O) groups excluding carboxylic acids is 1. The van der Waals surface area contributed by atoms with Crippen LogP contribution >= 0.6 is 0 Å². The van der Waals surface area contributed by atoms with Gasteiger partial charge in [0.25, 0.3) is 11.6 Å². The summed E-state index contributed by atoms with van der Waals surface area (Å²) >= 11 is 0. The average molecular weight is 300 g/mol. The maximum atomic E-state index is 12.2. The smallest absolute Gasteiger partial charge is 0.269 e. The van der Waals surface area contributed by atoms with E-state index in [1.165, 1.54) is 24.3 Å². The van der Waals surface area contributed by atoms with Gasteiger partial charge >= 0.3 is 0 Å². The van der Waals surface area contributed by atoms with E-state index < -0.39 is 4.92 Å². The maximum Gasteiger partial charge on any atom is 0.269 e. The summed E-state index contributed by atoms with van der Waals surface area (Å²) in [6, 6.07) is 12.8. The number of non-ortho nitro benzene ring substituents is 1. The quantitative estimate of drug-likeness (QED) is 0.655. The first-order valence-corrected chi connectivity index (χ1v) is 6.83. The van der Waals surface area contributed by atoms with E-state index in [2.05, 4.69) is 5.32 Å². The predicted octanol–water partition coefficient (Wildman–Crippen LogP) is 3.38. The number of carbonyl (C=O) groups is 1. The van der Waals surface area contributed by atoms with Gasteiger partial charge in [-0.15, -0.1) is 0 Å². The van der Waals surface area contributed by atoms with Crippen LogP contribution in [0.3, 0.4) is 0 Å². The van der Waals surface area contributed by atoms with Gasteiger partial charge in [-0.05, 0) is 25.1 Å². The number of anilines is 1. The minimum atomic E-state index is -0.501. The van der Waals surface area contributed by atoms with Crippen molar-refractivity contribution in [2.24, 2.45) is 0 Å². The molecule has 0 unspecified atom stereocenters. The highest BCUT2D eigenvalue weighted by Crippen LogP contribution is 2.18. The first kappa shape index (κ1) is 15.7. The Hall–Kier alpha value is -2.73. The molecule has 6 heteroatoms. The van der Waals surface area contributed by atoms with Gasteiger partial charge in [0, 0.05) is 35.6 Å². The fourth-order valence-electron chi connectivity index (χ4n) is 1.91. The summed E-state index contributed by atoms with van der Waals surface area (Å²) in [5, 5.41) is 13.4. The van der Waals surface area contributed by atoms with Crippen LogP contribution in [0, 0.1) is 10.1 Å². The van der Waals surface area contributed by atoms with E-state index in [9.17, 15) is 14.9 Å². The number of rotatable bonds is 6. The third-order valence-corrected chi connectivity index (χ3v) is 3.07. The van der Waals surface area contributed by atoms with Gasteiger partial charge in [-0.25, -0.2) is 0 Å². The van der Waals surface area contributed by atoms with E-state index in [1.54, 1.807) is 6.07 Å². The summed E-state index contributed by atoms with van der Waals surface area (Å²) < 4.78 is 5.36. The SMILES string of the molecule is CCOCc1ccccc1NC(=O)c1ccc([N+](=O)[O-])cc1. The summed E-state index contributed by atoms with van der Waals surface area (Å²) in [4.78, 5) is 22.3. The highest BCUT2D eigenvalue weighted by atomic mass is 16.6. The van der Waals surface area contributed by atoms with E-state index in [-0.39, 0.29) is 11.6 Å². The molecule has 0 bridgehead atoms. The molecule has 2 aromatic carbocycles. The molecule has 0 aliphatic heterocycles. The van der Waals surface area contributed by atoms with Crippen LogP contribution in [-0.2, 0) is 11.3 Å². The Morgan fingerprint density at radius 2 is 1.86 bits per heavy atom. The van der Waals surface area contributed by atoms with Gasteiger partial charge in [0.05, 0.1) is 11.5 Å². The van der Waals surface area contributed by atoms with E-state index >= 15 is 0 Å². The van der Waals surface area contributed by atoms with Crippen LogP contribution in [0.2, 0.25) is 0 Å².